The van der Waals surface area contributed by atoms with Gasteiger partial charge >= 0.3 is 0 Å². The minimum atomic E-state index is -0.954. The van der Waals surface area contributed by atoms with Crippen LogP contribution in [0, 0.1) is 11.6 Å². The third-order valence-electron chi connectivity index (χ3n) is 3.21. The zero-order valence-corrected chi connectivity index (χ0v) is 10.4. The second-order valence-electron chi connectivity index (χ2n) is 4.73. The molecule has 0 bridgehead atoms. The van der Waals surface area contributed by atoms with Gasteiger partial charge in [-0.25, -0.2) is 8.78 Å². The maximum Gasteiger partial charge on any atom is 0.240 e. The van der Waals surface area contributed by atoms with Crippen LogP contribution in [0.1, 0.15) is 18.4 Å². The van der Waals surface area contributed by atoms with Crippen molar-refractivity contribution >= 4 is 5.91 Å². The zero-order chi connectivity index (χ0) is 13.9. The molecule has 6 heteroatoms. The highest BCUT2D eigenvalue weighted by Crippen LogP contribution is 2.18. The molecule has 3 N–H and O–H groups in total. The molecular formula is C13H16F2N2O2. The molecule has 1 aliphatic rings. The Morgan fingerprint density at radius 2 is 1.84 bits per heavy atom. The summed E-state index contributed by atoms with van der Waals surface area (Å²) in [5, 5.41) is 2.61. The first-order valence-electron chi connectivity index (χ1n) is 6.09. The van der Waals surface area contributed by atoms with Crippen LogP contribution >= 0.6 is 0 Å². The standard InChI is InChI=1S/C13H16F2N2O2/c14-10-5-9(6-11(15)7-10)8-17-12(18)13(16)1-3-19-4-2-13/h5-7H,1-4,8,16H2,(H,17,18). The van der Waals surface area contributed by atoms with Gasteiger partial charge in [0.15, 0.2) is 0 Å². The van der Waals surface area contributed by atoms with E-state index in [1.807, 2.05) is 0 Å². The Morgan fingerprint density at radius 3 is 2.42 bits per heavy atom. The number of nitrogens with two attached hydrogens (primary N) is 1. The van der Waals surface area contributed by atoms with Crippen LogP contribution in [0.3, 0.4) is 0 Å². The fourth-order valence-electron chi connectivity index (χ4n) is 2.03. The molecule has 0 radical (unpaired) electrons. The summed E-state index contributed by atoms with van der Waals surface area (Å²) in [4.78, 5) is 12.0. The van der Waals surface area contributed by atoms with Crippen molar-refractivity contribution in [3.8, 4) is 0 Å². The molecule has 1 aromatic carbocycles. The number of benzene rings is 1. The van der Waals surface area contributed by atoms with E-state index in [0.717, 1.165) is 6.07 Å². The minimum absolute atomic E-state index is 0.0489. The molecule has 0 aromatic heterocycles. The first kappa shape index (κ1) is 13.9. The van der Waals surface area contributed by atoms with E-state index in [4.69, 9.17) is 10.5 Å². The quantitative estimate of drug-likeness (QED) is 0.864. The normalized spacial score (nSPS) is 18.1. The van der Waals surface area contributed by atoms with Crippen LogP contribution in [-0.4, -0.2) is 24.7 Å². The Morgan fingerprint density at radius 1 is 1.26 bits per heavy atom. The maximum absolute atomic E-state index is 13.0. The van der Waals surface area contributed by atoms with Crippen molar-refractivity contribution in [2.75, 3.05) is 13.2 Å². The summed E-state index contributed by atoms with van der Waals surface area (Å²) in [7, 11) is 0. The van der Waals surface area contributed by atoms with Gasteiger partial charge in [0.05, 0.1) is 5.54 Å². The molecule has 0 aliphatic carbocycles. The van der Waals surface area contributed by atoms with Gasteiger partial charge in [-0.2, -0.15) is 0 Å². The molecule has 1 saturated heterocycles. The van der Waals surface area contributed by atoms with Gasteiger partial charge in [0.2, 0.25) is 5.91 Å². The molecular weight excluding hydrogens is 254 g/mol. The minimum Gasteiger partial charge on any atom is -0.381 e. The predicted molar refractivity (Wildman–Crippen MR) is 65.2 cm³/mol. The lowest BCUT2D eigenvalue weighted by Crippen LogP contribution is -2.56. The van der Waals surface area contributed by atoms with E-state index >= 15 is 0 Å². The van der Waals surface area contributed by atoms with E-state index in [0.29, 0.717) is 31.6 Å². The second kappa shape index (κ2) is 5.63. The molecule has 1 fully saturated rings. The van der Waals surface area contributed by atoms with Crippen molar-refractivity contribution < 1.29 is 18.3 Å². The van der Waals surface area contributed by atoms with Gasteiger partial charge in [-0.15, -0.1) is 0 Å². The fourth-order valence-corrected chi connectivity index (χ4v) is 2.03. The average molecular weight is 270 g/mol. The Labute approximate surface area is 109 Å². The summed E-state index contributed by atoms with van der Waals surface area (Å²) in [6.07, 6.45) is 0.882. The SMILES string of the molecule is NC1(C(=O)NCc2cc(F)cc(F)c2)CCOCC1. The number of amides is 1. The monoisotopic (exact) mass is 270 g/mol. The van der Waals surface area contributed by atoms with Crippen LogP contribution in [0.5, 0.6) is 0 Å². The average Bonchev–Trinajstić information content (AvgIpc) is 2.35. The summed E-state index contributed by atoms with van der Waals surface area (Å²) in [6, 6.07) is 3.14. The van der Waals surface area contributed by atoms with E-state index in [2.05, 4.69) is 5.32 Å². The zero-order valence-electron chi connectivity index (χ0n) is 10.4. The molecule has 0 atom stereocenters. The smallest absolute Gasteiger partial charge is 0.240 e. The third kappa shape index (κ3) is 3.48. The molecule has 0 unspecified atom stereocenters. The lowest BCUT2D eigenvalue weighted by molar-refractivity contribution is -0.129. The molecule has 19 heavy (non-hydrogen) atoms. The summed E-state index contributed by atoms with van der Waals surface area (Å²) in [5.41, 5.74) is 5.39. The number of hydrogen-bond acceptors (Lipinski definition) is 3. The molecule has 0 spiro atoms. The molecule has 1 amide bonds. The number of carbonyl (C=O) groups is 1. The van der Waals surface area contributed by atoms with Gasteiger partial charge in [0.25, 0.3) is 0 Å². The van der Waals surface area contributed by atoms with Crippen LogP contribution in [0.25, 0.3) is 0 Å². The van der Waals surface area contributed by atoms with E-state index in [9.17, 15) is 13.6 Å². The van der Waals surface area contributed by atoms with Crippen molar-refractivity contribution in [3.63, 3.8) is 0 Å². The van der Waals surface area contributed by atoms with Crippen LogP contribution in [0.15, 0.2) is 18.2 Å². The Bertz CT molecular complexity index is 453. The topological polar surface area (TPSA) is 64.4 Å². The van der Waals surface area contributed by atoms with Crippen LogP contribution < -0.4 is 11.1 Å². The Hall–Kier alpha value is -1.53. The fraction of sp³-hybridized carbons (Fsp3) is 0.462. The molecule has 0 saturated carbocycles. The van der Waals surface area contributed by atoms with Crippen molar-refractivity contribution in [2.24, 2.45) is 5.73 Å². The van der Waals surface area contributed by atoms with Gasteiger partial charge in [0, 0.05) is 25.8 Å². The van der Waals surface area contributed by atoms with Gasteiger partial charge in [-0.3, -0.25) is 4.79 Å². The molecule has 104 valence electrons. The number of ether oxygens (including phenoxy) is 1. The number of nitrogens with one attached hydrogen (secondary N) is 1. The summed E-state index contributed by atoms with van der Waals surface area (Å²) >= 11 is 0. The van der Waals surface area contributed by atoms with Crippen molar-refractivity contribution in [1.29, 1.82) is 0 Å². The van der Waals surface area contributed by atoms with E-state index in [-0.39, 0.29) is 12.5 Å². The lowest BCUT2D eigenvalue weighted by atomic mass is 9.90. The highest BCUT2D eigenvalue weighted by Gasteiger charge is 2.35. The predicted octanol–water partition coefficient (Wildman–Crippen LogP) is 1.09. The number of halogens is 2. The molecule has 2 rings (SSSR count). The van der Waals surface area contributed by atoms with Crippen LogP contribution in [-0.2, 0) is 16.1 Å². The molecule has 1 heterocycles. The third-order valence-corrected chi connectivity index (χ3v) is 3.21. The first-order chi connectivity index (χ1) is 8.99. The van der Waals surface area contributed by atoms with E-state index in [1.54, 1.807) is 0 Å². The summed E-state index contributed by atoms with van der Waals surface area (Å²) in [6.45, 7) is 0.935. The maximum atomic E-state index is 13.0. The number of carbonyl (C=O) groups excluding carboxylic acids is 1. The molecule has 1 aromatic rings. The van der Waals surface area contributed by atoms with Gasteiger partial charge in [0.1, 0.15) is 11.6 Å². The molecule has 4 nitrogen and oxygen atoms in total. The lowest BCUT2D eigenvalue weighted by Gasteiger charge is -2.31. The second-order valence-corrected chi connectivity index (χ2v) is 4.73. The van der Waals surface area contributed by atoms with E-state index in [1.165, 1.54) is 12.1 Å². The van der Waals surface area contributed by atoms with Crippen molar-refractivity contribution in [3.05, 3.63) is 35.4 Å². The number of rotatable bonds is 3. The summed E-state index contributed by atoms with van der Waals surface area (Å²) in [5.74, 6) is -1.66. The molecule has 1 aliphatic heterocycles. The van der Waals surface area contributed by atoms with E-state index < -0.39 is 17.2 Å². The van der Waals surface area contributed by atoms with Crippen molar-refractivity contribution in [2.45, 2.75) is 24.9 Å². The Kier molecular flexibility index (Phi) is 4.11. The van der Waals surface area contributed by atoms with Gasteiger partial charge in [-0.1, -0.05) is 0 Å². The van der Waals surface area contributed by atoms with Gasteiger partial charge in [-0.05, 0) is 30.5 Å². The summed E-state index contributed by atoms with van der Waals surface area (Å²) < 4.78 is 31.1. The largest absolute Gasteiger partial charge is 0.381 e. The number of hydrogen-bond donors (Lipinski definition) is 2. The van der Waals surface area contributed by atoms with Gasteiger partial charge < -0.3 is 15.8 Å². The highest BCUT2D eigenvalue weighted by atomic mass is 19.1. The van der Waals surface area contributed by atoms with Crippen LogP contribution in [0.4, 0.5) is 8.78 Å². The van der Waals surface area contributed by atoms with Crippen LogP contribution in [0.2, 0.25) is 0 Å². The first-order valence-corrected chi connectivity index (χ1v) is 6.09. The highest BCUT2D eigenvalue weighted by molar-refractivity contribution is 5.86. The Balaban J connectivity index is 1.96. The van der Waals surface area contributed by atoms with Crippen molar-refractivity contribution in [1.82, 2.24) is 5.32 Å².